The molecule has 1 aliphatic rings. The molecule has 21 heavy (non-hydrogen) atoms. The second-order valence-electron chi connectivity index (χ2n) is 5.20. The van der Waals surface area contributed by atoms with Crippen molar-refractivity contribution in [3.63, 3.8) is 0 Å². The third-order valence-corrected chi connectivity index (χ3v) is 3.20. The summed E-state index contributed by atoms with van der Waals surface area (Å²) in [5.74, 6) is -0.969. The van der Waals surface area contributed by atoms with Gasteiger partial charge in [-0.2, -0.15) is 0 Å². The van der Waals surface area contributed by atoms with Crippen LogP contribution in [0.4, 0.5) is 5.69 Å². The summed E-state index contributed by atoms with van der Waals surface area (Å²) in [5, 5.41) is 18.3. The molecule has 0 aliphatic carbocycles. The molecule has 0 aromatic heterocycles. The number of aliphatic carboxylic acids is 1. The molecule has 0 saturated heterocycles. The second kappa shape index (κ2) is 5.25. The van der Waals surface area contributed by atoms with Gasteiger partial charge in [-0.15, -0.1) is 0 Å². The van der Waals surface area contributed by atoms with Crippen molar-refractivity contribution in [2.45, 2.75) is 26.1 Å². The smallest absolute Gasteiger partial charge is 0.323 e. The summed E-state index contributed by atoms with van der Waals surface area (Å²) in [4.78, 5) is 24.5. The summed E-state index contributed by atoms with van der Waals surface area (Å²) >= 11 is 0. The van der Waals surface area contributed by atoms with Gasteiger partial charge in [0.05, 0.1) is 19.4 Å². The minimum atomic E-state index is -1.20. The highest BCUT2D eigenvalue weighted by molar-refractivity contribution is 6.05. The SMILES string of the molecule is COc1cc(CO)cc2c1OC(C)(C)C(=O)N2CC(=O)O. The minimum Gasteiger partial charge on any atom is -0.493 e. The molecule has 0 atom stereocenters. The van der Waals surface area contributed by atoms with Crippen molar-refractivity contribution in [2.24, 2.45) is 0 Å². The fourth-order valence-electron chi connectivity index (χ4n) is 2.21. The van der Waals surface area contributed by atoms with E-state index in [-0.39, 0.29) is 12.3 Å². The van der Waals surface area contributed by atoms with Crippen molar-refractivity contribution in [1.29, 1.82) is 0 Å². The molecule has 114 valence electrons. The van der Waals surface area contributed by atoms with Gasteiger partial charge in [0.25, 0.3) is 5.91 Å². The van der Waals surface area contributed by atoms with Crippen molar-refractivity contribution in [1.82, 2.24) is 0 Å². The van der Waals surface area contributed by atoms with Gasteiger partial charge in [-0.05, 0) is 31.5 Å². The van der Waals surface area contributed by atoms with Gasteiger partial charge < -0.3 is 19.7 Å². The summed E-state index contributed by atoms with van der Waals surface area (Å²) in [7, 11) is 1.44. The Morgan fingerprint density at radius 1 is 1.43 bits per heavy atom. The lowest BCUT2D eigenvalue weighted by atomic mass is 10.0. The average molecular weight is 295 g/mol. The van der Waals surface area contributed by atoms with Crippen LogP contribution in [0, 0.1) is 0 Å². The number of hydrogen-bond donors (Lipinski definition) is 2. The maximum Gasteiger partial charge on any atom is 0.323 e. The lowest BCUT2D eigenvalue weighted by molar-refractivity contribution is -0.139. The van der Waals surface area contributed by atoms with Gasteiger partial charge in [-0.1, -0.05) is 0 Å². The van der Waals surface area contributed by atoms with E-state index < -0.39 is 24.0 Å². The number of ether oxygens (including phenoxy) is 2. The number of aliphatic hydroxyl groups excluding tert-OH is 1. The summed E-state index contributed by atoms with van der Waals surface area (Å²) < 4.78 is 10.9. The minimum absolute atomic E-state index is 0.262. The van der Waals surface area contributed by atoms with E-state index in [0.717, 1.165) is 4.90 Å². The Morgan fingerprint density at radius 3 is 2.62 bits per heavy atom. The van der Waals surface area contributed by atoms with Crippen LogP contribution in [0.1, 0.15) is 19.4 Å². The first-order chi connectivity index (χ1) is 9.80. The Hall–Kier alpha value is -2.28. The van der Waals surface area contributed by atoms with E-state index in [9.17, 15) is 14.7 Å². The van der Waals surface area contributed by atoms with Crippen LogP contribution in [0.3, 0.4) is 0 Å². The van der Waals surface area contributed by atoms with Crippen LogP contribution in [-0.4, -0.2) is 41.3 Å². The number of benzene rings is 1. The average Bonchev–Trinajstić information content (AvgIpc) is 2.42. The molecule has 1 aliphatic heterocycles. The molecule has 1 aromatic rings. The fourth-order valence-corrected chi connectivity index (χ4v) is 2.21. The molecule has 1 amide bonds. The van der Waals surface area contributed by atoms with Gasteiger partial charge in [0, 0.05) is 0 Å². The van der Waals surface area contributed by atoms with Crippen molar-refractivity contribution in [2.75, 3.05) is 18.6 Å². The molecule has 2 N–H and O–H groups in total. The van der Waals surface area contributed by atoms with Gasteiger partial charge in [0.15, 0.2) is 17.1 Å². The third-order valence-electron chi connectivity index (χ3n) is 3.20. The van der Waals surface area contributed by atoms with Crippen LogP contribution in [0.15, 0.2) is 12.1 Å². The normalized spacial score (nSPS) is 16.2. The number of carbonyl (C=O) groups excluding carboxylic acids is 1. The molecule has 0 saturated carbocycles. The number of rotatable bonds is 4. The first-order valence-electron chi connectivity index (χ1n) is 6.34. The summed E-state index contributed by atoms with van der Waals surface area (Å²) in [5.41, 5.74) is -0.418. The van der Waals surface area contributed by atoms with E-state index in [1.165, 1.54) is 13.2 Å². The van der Waals surface area contributed by atoms with Crippen LogP contribution < -0.4 is 14.4 Å². The zero-order chi connectivity index (χ0) is 15.8. The lowest BCUT2D eigenvalue weighted by Gasteiger charge is -2.38. The van der Waals surface area contributed by atoms with Crippen molar-refractivity contribution in [3.05, 3.63) is 17.7 Å². The summed E-state index contributed by atoms with van der Waals surface area (Å²) in [6.45, 7) is 2.37. The van der Waals surface area contributed by atoms with E-state index in [1.807, 2.05) is 0 Å². The first-order valence-corrected chi connectivity index (χ1v) is 6.34. The number of carbonyl (C=O) groups is 2. The molecule has 0 bridgehead atoms. The quantitative estimate of drug-likeness (QED) is 0.852. The predicted molar refractivity (Wildman–Crippen MR) is 73.6 cm³/mol. The Balaban J connectivity index is 2.64. The number of nitrogens with zero attached hydrogens (tertiary/aromatic N) is 1. The van der Waals surface area contributed by atoms with Crippen LogP contribution >= 0.6 is 0 Å². The van der Waals surface area contributed by atoms with Crippen LogP contribution in [0.2, 0.25) is 0 Å². The number of carboxylic acid groups (broad SMARTS) is 1. The van der Waals surface area contributed by atoms with Gasteiger partial charge >= 0.3 is 5.97 Å². The largest absolute Gasteiger partial charge is 0.493 e. The third kappa shape index (κ3) is 2.64. The molecule has 0 radical (unpaired) electrons. The fraction of sp³-hybridized carbons (Fsp3) is 0.429. The number of carboxylic acids is 1. The molecule has 0 unspecified atom stereocenters. The molecular formula is C14H17NO6. The number of anilines is 1. The zero-order valence-electron chi connectivity index (χ0n) is 12.0. The van der Waals surface area contributed by atoms with Gasteiger partial charge in [-0.3, -0.25) is 14.5 Å². The van der Waals surface area contributed by atoms with Gasteiger partial charge in [-0.25, -0.2) is 0 Å². The summed E-state index contributed by atoms with van der Waals surface area (Å²) in [6, 6.07) is 3.11. The van der Waals surface area contributed by atoms with E-state index in [4.69, 9.17) is 14.6 Å². The second-order valence-corrected chi connectivity index (χ2v) is 5.20. The molecule has 0 fully saturated rings. The molecule has 7 nitrogen and oxygen atoms in total. The van der Waals surface area contributed by atoms with Crippen LogP contribution in [0.25, 0.3) is 0 Å². The Kier molecular flexibility index (Phi) is 3.78. The monoisotopic (exact) mass is 295 g/mol. The highest BCUT2D eigenvalue weighted by atomic mass is 16.5. The lowest BCUT2D eigenvalue weighted by Crippen LogP contribution is -2.54. The molecule has 0 spiro atoms. The number of fused-ring (bicyclic) bond motifs is 1. The van der Waals surface area contributed by atoms with Crippen LogP contribution in [-0.2, 0) is 16.2 Å². The van der Waals surface area contributed by atoms with Crippen molar-refractivity contribution >= 4 is 17.6 Å². The number of methoxy groups -OCH3 is 1. The summed E-state index contributed by atoms with van der Waals surface area (Å²) in [6.07, 6.45) is 0. The van der Waals surface area contributed by atoms with Crippen LogP contribution in [0.5, 0.6) is 11.5 Å². The Labute approximate surface area is 121 Å². The number of hydrogen-bond acceptors (Lipinski definition) is 5. The Bertz CT molecular complexity index is 595. The van der Waals surface area contributed by atoms with Crippen molar-refractivity contribution in [3.8, 4) is 11.5 Å². The van der Waals surface area contributed by atoms with Gasteiger partial charge in [0.2, 0.25) is 0 Å². The molecular weight excluding hydrogens is 278 g/mol. The highest BCUT2D eigenvalue weighted by Gasteiger charge is 2.43. The topological polar surface area (TPSA) is 96.3 Å². The molecule has 7 heteroatoms. The maximum absolute atomic E-state index is 12.4. The zero-order valence-corrected chi connectivity index (χ0v) is 12.0. The van der Waals surface area contributed by atoms with E-state index in [0.29, 0.717) is 17.1 Å². The highest BCUT2D eigenvalue weighted by Crippen LogP contribution is 2.45. The van der Waals surface area contributed by atoms with E-state index >= 15 is 0 Å². The maximum atomic E-state index is 12.4. The standard InChI is InChI=1S/C14H17NO6/c1-14(2)13(19)15(6-11(17)18)9-4-8(7-16)5-10(20-3)12(9)21-14/h4-5,16H,6-7H2,1-3H3,(H,17,18). The first kappa shape index (κ1) is 15.1. The predicted octanol–water partition coefficient (Wildman–Crippen LogP) is 0.776. The molecule has 1 heterocycles. The van der Waals surface area contributed by atoms with Gasteiger partial charge in [0.1, 0.15) is 6.54 Å². The van der Waals surface area contributed by atoms with E-state index in [1.54, 1.807) is 19.9 Å². The molecule has 1 aromatic carbocycles. The Morgan fingerprint density at radius 2 is 2.10 bits per heavy atom. The number of amides is 1. The van der Waals surface area contributed by atoms with E-state index in [2.05, 4.69) is 0 Å². The number of aliphatic hydroxyl groups is 1. The van der Waals surface area contributed by atoms with Crippen molar-refractivity contribution < 1.29 is 29.3 Å². The molecule has 2 rings (SSSR count).